The van der Waals surface area contributed by atoms with E-state index in [2.05, 4.69) is 16.0 Å². The van der Waals surface area contributed by atoms with E-state index in [1.165, 1.54) is 0 Å². The Bertz CT molecular complexity index is 2820. The van der Waals surface area contributed by atoms with Crippen molar-refractivity contribution < 1.29 is 73.4 Å². The van der Waals surface area contributed by atoms with Gasteiger partial charge in [-0.05, 0) is 150 Å². The maximum Gasteiger partial charge on any atom is 0.220 e. The van der Waals surface area contributed by atoms with E-state index in [0.29, 0.717) is 97.4 Å². The van der Waals surface area contributed by atoms with Gasteiger partial charge in [0.05, 0.1) is 114 Å². The van der Waals surface area contributed by atoms with Gasteiger partial charge in [0.15, 0.2) is 0 Å². The minimum atomic E-state index is -0.511. The summed E-state index contributed by atoms with van der Waals surface area (Å²) >= 11 is 0. The number of hydrogen-bond donors (Lipinski definition) is 9. The van der Waals surface area contributed by atoms with Crippen molar-refractivity contribution in [2.24, 2.45) is 0 Å². The number of aromatic hydroxyl groups is 3. The Morgan fingerprint density at radius 3 is 1.01 bits per heavy atom. The number of nitrogens with one attached hydrogen (secondary N) is 3. The Kier molecular flexibility index (Phi) is 37.0. The summed E-state index contributed by atoms with van der Waals surface area (Å²) in [5.41, 5.74) is 6.39. The van der Waals surface area contributed by atoms with E-state index in [9.17, 15) is 34.8 Å². The van der Waals surface area contributed by atoms with Crippen molar-refractivity contribution in [3.63, 3.8) is 0 Å². The molecule has 9 atom stereocenters. The molecule has 0 aliphatic heterocycles. The third-order valence-corrected chi connectivity index (χ3v) is 13.9. The van der Waals surface area contributed by atoms with Crippen LogP contribution in [-0.4, -0.2) is 163 Å². The average molecular weight is 1250 g/mol. The quantitative estimate of drug-likeness (QED) is 0.0175. The van der Waals surface area contributed by atoms with Crippen LogP contribution in [0.4, 0.5) is 0 Å². The van der Waals surface area contributed by atoms with Gasteiger partial charge in [-0.15, -0.1) is 0 Å². The molecule has 6 aromatic rings. The summed E-state index contributed by atoms with van der Waals surface area (Å²) in [5.74, 6) is 0.560. The number of aliphatic hydroxyl groups is 3. The number of phenolic OH excluding ortho intramolecular Hbond substituents is 3. The molecule has 0 aliphatic carbocycles. The molecule has 90 heavy (non-hydrogen) atoms. The maximum atomic E-state index is 12.5. The summed E-state index contributed by atoms with van der Waals surface area (Å²) in [7, 11) is 0. The van der Waals surface area contributed by atoms with E-state index in [1.54, 1.807) is 57.2 Å². The standard InChI is InChI=1S/3C24H33NO5/c1-18(26)15-29-16-19(2)30-17-22(14-21-8-11-23(27)12-9-21)25-24(28)13-10-20-6-4-3-5-7-20;1-18(15-26)29-16-19(2)30-17-22(14-21-8-11-23(27)12-9-21)25-24(28)13-10-20-6-4-3-5-7-20;1-18(15-26)30-19(2)16-29-17-22(14-21-8-11-23(27)12-9-21)25-24(28)13-10-20-6-4-3-5-7-20/h3*3-9,11-12,18-19,22,26-27H,10,13-17H2,1-2H3,(H,25,28). The molecule has 492 valence electrons. The van der Waals surface area contributed by atoms with Crippen molar-refractivity contribution in [3.8, 4) is 17.2 Å². The van der Waals surface area contributed by atoms with Crippen molar-refractivity contribution in [2.75, 3.05) is 59.5 Å². The van der Waals surface area contributed by atoms with Crippen LogP contribution in [-0.2, 0) is 81.3 Å². The molecule has 0 spiro atoms. The number of aryl methyl sites for hydroxylation is 3. The molecule has 6 aromatic carbocycles. The molecule has 9 N–H and O–H groups in total. The van der Waals surface area contributed by atoms with Gasteiger partial charge >= 0.3 is 0 Å². The van der Waals surface area contributed by atoms with E-state index in [4.69, 9.17) is 38.6 Å². The number of aliphatic hydroxyl groups excluding tert-OH is 3. The zero-order valence-electron chi connectivity index (χ0n) is 53.4. The lowest BCUT2D eigenvalue weighted by Gasteiger charge is -2.22. The minimum absolute atomic E-state index is 0.0237. The summed E-state index contributed by atoms with van der Waals surface area (Å²) in [4.78, 5) is 37.5. The Balaban J connectivity index is 0.000000288. The third kappa shape index (κ3) is 35.2. The van der Waals surface area contributed by atoms with Crippen LogP contribution in [0.15, 0.2) is 164 Å². The van der Waals surface area contributed by atoms with Gasteiger partial charge in [-0.2, -0.15) is 0 Å². The number of carbonyl (C=O) groups is 3. The number of ether oxygens (including phenoxy) is 6. The first-order valence-corrected chi connectivity index (χ1v) is 31.2. The molecule has 18 nitrogen and oxygen atoms in total. The fourth-order valence-electron chi connectivity index (χ4n) is 9.08. The first kappa shape index (κ1) is 75.2. The Hall–Kier alpha value is -7.23. The lowest BCUT2D eigenvalue weighted by molar-refractivity contribution is -0.123. The molecule has 0 saturated heterocycles. The molecule has 3 amide bonds. The summed E-state index contributed by atoms with van der Waals surface area (Å²) in [6, 6.07) is 50.0. The zero-order chi connectivity index (χ0) is 65.3. The molecule has 0 saturated carbocycles. The summed E-state index contributed by atoms with van der Waals surface area (Å²) in [5, 5.41) is 65.1. The highest BCUT2D eigenvalue weighted by molar-refractivity contribution is 5.77. The molecular weight excluding hydrogens is 1150 g/mol. The molecule has 9 unspecified atom stereocenters. The summed E-state index contributed by atoms with van der Waals surface area (Å²) < 4.78 is 34.0. The molecule has 0 bridgehead atoms. The van der Waals surface area contributed by atoms with Gasteiger partial charge in [-0.1, -0.05) is 127 Å². The predicted octanol–water partition coefficient (Wildman–Crippen LogP) is 8.56. The first-order valence-electron chi connectivity index (χ1n) is 31.2. The highest BCUT2D eigenvalue weighted by Gasteiger charge is 2.20. The smallest absolute Gasteiger partial charge is 0.220 e. The number of hydrogen-bond acceptors (Lipinski definition) is 15. The second-order valence-corrected chi connectivity index (χ2v) is 22.8. The van der Waals surface area contributed by atoms with Crippen LogP contribution >= 0.6 is 0 Å². The van der Waals surface area contributed by atoms with Crippen molar-refractivity contribution in [1.29, 1.82) is 0 Å². The van der Waals surface area contributed by atoms with Gasteiger partial charge in [0.1, 0.15) is 17.2 Å². The number of benzene rings is 6. The van der Waals surface area contributed by atoms with Crippen LogP contribution in [0, 0.1) is 0 Å². The van der Waals surface area contributed by atoms with E-state index in [0.717, 1.165) is 33.4 Å². The molecule has 0 fully saturated rings. The Morgan fingerprint density at radius 1 is 0.356 bits per heavy atom. The second-order valence-electron chi connectivity index (χ2n) is 22.8. The van der Waals surface area contributed by atoms with E-state index in [-0.39, 0.29) is 103 Å². The molecule has 0 radical (unpaired) electrons. The molecule has 18 heteroatoms. The van der Waals surface area contributed by atoms with E-state index >= 15 is 0 Å². The molecule has 0 aromatic heterocycles. The van der Waals surface area contributed by atoms with E-state index in [1.807, 2.05) is 148 Å². The molecule has 0 heterocycles. The summed E-state index contributed by atoms with van der Waals surface area (Å²) in [6.07, 6.45) is 3.59. The largest absolute Gasteiger partial charge is 0.508 e. The topological polar surface area (TPSA) is 264 Å². The van der Waals surface area contributed by atoms with Gasteiger partial charge < -0.3 is 75.0 Å². The lowest BCUT2D eigenvalue weighted by Crippen LogP contribution is -2.41. The number of amides is 3. The van der Waals surface area contributed by atoms with Crippen LogP contribution in [0.3, 0.4) is 0 Å². The van der Waals surface area contributed by atoms with Crippen molar-refractivity contribution in [1.82, 2.24) is 16.0 Å². The highest BCUT2D eigenvalue weighted by atomic mass is 16.6. The van der Waals surface area contributed by atoms with Crippen molar-refractivity contribution >= 4 is 17.7 Å². The van der Waals surface area contributed by atoms with Crippen LogP contribution in [0.1, 0.15) is 94.2 Å². The van der Waals surface area contributed by atoms with Gasteiger partial charge in [0.2, 0.25) is 17.7 Å². The van der Waals surface area contributed by atoms with Gasteiger partial charge in [0, 0.05) is 19.3 Å². The van der Waals surface area contributed by atoms with E-state index < -0.39 is 6.10 Å². The van der Waals surface area contributed by atoms with Crippen LogP contribution in [0.5, 0.6) is 17.2 Å². The maximum absolute atomic E-state index is 12.5. The number of phenols is 3. The van der Waals surface area contributed by atoms with Crippen LogP contribution in [0.25, 0.3) is 0 Å². The lowest BCUT2D eigenvalue weighted by atomic mass is 10.1. The van der Waals surface area contributed by atoms with Crippen LogP contribution < -0.4 is 16.0 Å². The van der Waals surface area contributed by atoms with Crippen LogP contribution in [0.2, 0.25) is 0 Å². The monoisotopic (exact) mass is 1250 g/mol. The fourth-order valence-corrected chi connectivity index (χ4v) is 9.08. The Labute approximate surface area is 532 Å². The first-order chi connectivity index (χ1) is 43.3. The predicted molar refractivity (Wildman–Crippen MR) is 349 cm³/mol. The van der Waals surface area contributed by atoms with Gasteiger partial charge in [-0.3, -0.25) is 14.4 Å². The molecule has 6 rings (SSSR count). The third-order valence-electron chi connectivity index (χ3n) is 13.9. The van der Waals surface area contributed by atoms with Crippen molar-refractivity contribution in [2.45, 2.75) is 154 Å². The number of carbonyl (C=O) groups excluding carboxylic acids is 3. The normalized spacial score (nSPS) is 14.1. The highest BCUT2D eigenvalue weighted by Crippen LogP contribution is 2.16. The van der Waals surface area contributed by atoms with Gasteiger partial charge in [0.25, 0.3) is 0 Å². The van der Waals surface area contributed by atoms with Crippen molar-refractivity contribution in [3.05, 3.63) is 197 Å². The number of rotatable bonds is 39. The second kappa shape index (κ2) is 44.3. The Morgan fingerprint density at radius 2 is 0.667 bits per heavy atom. The van der Waals surface area contributed by atoms with Gasteiger partial charge in [-0.25, -0.2) is 0 Å². The molecular formula is C72H99N3O15. The SMILES string of the molecule is CC(CO)OC(C)COCC(Cc1ccc(O)cc1)NC(=O)CCc1ccccc1.CC(CO)OCC(C)OCC(Cc1ccc(O)cc1)NC(=O)CCc1ccccc1.CC(O)COCC(C)OCC(Cc1ccc(O)cc1)NC(=O)CCc1ccccc1. The minimum Gasteiger partial charge on any atom is -0.508 e. The fraction of sp³-hybridized carbons (Fsp3) is 0.458. The average Bonchev–Trinajstić information content (AvgIpc) is 3.49. The molecule has 0 aliphatic rings. The zero-order valence-corrected chi connectivity index (χ0v) is 53.4. The summed E-state index contributed by atoms with van der Waals surface area (Å²) in [6.45, 7) is 13.3.